The van der Waals surface area contributed by atoms with E-state index in [1.807, 2.05) is 18.9 Å². The van der Waals surface area contributed by atoms with Crippen LogP contribution in [0.5, 0.6) is 0 Å². The molecule has 1 aromatic rings. The van der Waals surface area contributed by atoms with Crippen molar-refractivity contribution in [2.24, 2.45) is 13.0 Å². The Morgan fingerprint density at radius 2 is 2.24 bits per heavy atom. The lowest BCUT2D eigenvalue weighted by atomic mass is 9.93. The van der Waals surface area contributed by atoms with Crippen molar-refractivity contribution in [2.75, 3.05) is 13.1 Å². The molecule has 2 rings (SSSR count). The Morgan fingerprint density at radius 1 is 1.48 bits per heavy atom. The number of carbonyl (C=O) groups is 2. The summed E-state index contributed by atoms with van der Waals surface area (Å²) in [5, 5.41) is 13.0. The number of hydrogen-bond acceptors (Lipinski definition) is 3. The number of piperidine rings is 1. The number of aryl methyl sites for hydroxylation is 1. The molecule has 0 bridgehead atoms. The van der Waals surface area contributed by atoms with Crippen molar-refractivity contribution >= 4 is 11.9 Å². The highest BCUT2D eigenvalue weighted by atomic mass is 16.4. The Hall–Kier alpha value is -1.85. The van der Waals surface area contributed by atoms with Gasteiger partial charge in [0.1, 0.15) is 0 Å². The standard InChI is InChI=1S/C15H23N3O3/c1-3-13-12(9-16-17(13)2)15(21)18-8-4-5-11(10-18)6-7-14(19)20/h9,11H,3-8,10H2,1-2H3,(H,19,20). The lowest BCUT2D eigenvalue weighted by molar-refractivity contribution is -0.137. The van der Waals surface area contributed by atoms with Crippen LogP contribution in [0.4, 0.5) is 0 Å². The maximum Gasteiger partial charge on any atom is 0.303 e. The van der Waals surface area contributed by atoms with Gasteiger partial charge in [0.25, 0.3) is 5.91 Å². The molecular weight excluding hydrogens is 270 g/mol. The molecule has 1 aliphatic rings. The maximum atomic E-state index is 12.6. The zero-order chi connectivity index (χ0) is 15.4. The predicted octanol–water partition coefficient (Wildman–Crippen LogP) is 1.70. The van der Waals surface area contributed by atoms with Crippen molar-refractivity contribution in [3.63, 3.8) is 0 Å². The number of aliphatic carboxylic acids is 1. The zero-order valence-corrected chi connectivity index (χ0v) is 12.7. The summed E-state index contributed by atoms with van der Waals surface area (Å²) in [4.78, 5) is 25.2. The number of carboxylic acids is 1. The van der Waals surface area contributed by atoms with E-state index < -0.39 is 5.97 Å². The summed E-state index contributed by atoms with van der Waals surface area (Å²) in [7, 11) is 1.85. The monoisotopic (exact) mass is 293 g/mol. The van der Waals surface area contributed by atoms with Crippen LogP contribution < -0.4 is 0 Å². The third-order valence-corrected chi connectivity index (χ3v) is 4.20. The molecular formula is C15H23N3O3. The third kappa shape index (κ3) is 3.62. The minimum absolute atomic E-state index is 0.0278. The Balaban J connectivity index is 2.03. The summed E-state index contributed by atoms with van der Waals surface area (Å²) in [6.07, 6.45) is 5.19. The maximum absolute atomic E-state index is 12.6. The highest BCUT2D eigenvalue weighted by Gasteiger charge is 2.27. The molecule has 1 aliphatic heterocycles. The summed E-state index contributed by atoms with van der Waals surface area (Å²) in [6.45, 7) is 3.42. The number of aromatic nitrogens is 2. The van der Waals surface area contributed by atoms with Gasteiger partial charge in [-0.3, -0.25) is 14.3 Å². The summed E-state index contributed by atoms with van der Waals surface area (Å²) in [5.41, 5.74) is 1.63. The Morgan fingerprint density at radius 3 is 2.90 bits per heavy atom. The number of amides is 1. The molecule has 1 unspecified atom stereocenters. The average Bonchev–Trinajstić information content (AvgIpc) is 2.85. The number of nitrogens with zero attached hydrogens (tertiary/aromatic N) is 3. The van der Waals surface area contributed by atoms with Gasteiger partial charge in [-0.2, -0.15) is 5.10 Å². The third-order valence-electron chi connectivity index (χ3n) is 4.20. The van der Waals surface area contributed by atoms with Crippen molar-refractivity contribution in [1.29, 1.82) is 0 Å². The number of hydrogen-bond donors (Lipinski definition) is 1. The van der Waals surface area contributed by atoms with Gasteiger partial charge in [0.2, 0.25) is 0 Å². The summed E-state index contributed by atoms with van der Waals surface area (Å²) >= 11 is 0. The molecule has 1 fully saturated rings. The smallest absolute Gasteiger partial charge is 0.303 e. The molecule has 6 nitrogen and oxygen atoms in total. The molecule has 1 N–H and O–H groups in total. The fourth-order valence-corrected chi connectivity index (χ4v) is 3.04. The van der Waals surface area contributed by atoms with E-state index in [0.717, 1.165) is 31.5 Å². The lowest BCUT2D eigenvalue weighted by Crippen LogP contribution is -2.40. The molecule has 0 spiro atoms. The molecule has 0 saturated carbocycles. The van der Waals surface area contributed by atoms with Gasteiger partial charge in [0, 0.05) is 26.6 Å². The van der Waals surface area contributed by atoms with E-state index in [9.17, 15) is 9.59 Å². The van der Waals surface area contributed by atoms with Crippen LogP contribution in [-0.4, -0.2) is 44.8 Å². The van der Waals surface area contributed by atoms with Crippen LogP contribution in [0, 0.1) is 5.92 Å². The van der Waals surface area contributed by atoms with Gasteiger partial charge in [0.15, 0.2) is 0 Å². The van der Waals surface area contributed by atoms with Gasteiger partial charge in [0.05, 0.1) is 17.5 Å². The number of likely N-dealkylation sites (tertiary alicyclic amines) is 1. The molecule has 1 saturated heterocycles. The molecule has 0 aliphatic carbocycles. The van der Waals surface area contributed by atoms with Gasteiger partial charge in [-0.15, -0.1) is 0 Å². The van der Waals surface area contributed by atoms with E-state index >= 15 is 0 Å². The fourth-order valence-electron chi connectivity index (χ4n) is 3.04. The fraction of sp³-hybridized carbons (Fsp3) is 0.667. The van der Waals surface area contributed by atoms with Crippen LogP contribution in [0.15, 0.2) is 6.20 Å². The minimum Gasteiger partial charge on any atom is -0.481 e. The molecule has 1 amide bonds. The molecule has 0 aromatic carbocycles. The normalized spacial score (nSPS) is 18.8. The minimum atomic E-state index is -0.765. The van der Waals surface area contributed by atoms with E-state index in [0.29, 0.717) is 24.4 Å². The van der Waals surface area contributed by atoms with Crippen LogP contribution >= 0.6 is 0 Å². The second-order valence-electron chi connectivity index (χ2n) is 5.67. The second kappa shape index (κ2) is 6.74. The Labute approximate surface area is 124 Å². The van der Waals surface area contributed by atoms with Gasteiger partial charge >= 0.3 is 5.97 Å². The van der Waals surface area contributed by atoms with E-state index in [4.69, 9.17) is 5.11 Å². The first kappa shape index (κ1) is 15.5. The predicted molar refractivity (Wildman–Crippen MR) is 78.1 cm³/mol. The van der Waals surface area contributed by atoms with E-state index in [-0.39, 0.29) is 12.3 Å². The molecule has 1 atom stereocenters. The van der Waals surface area contributed by atoms with Crippen LogP contribution in [0.3, 0.4) is 0 Å². The Kier molecular flexibility index (Phi) is 4.98. The molecule has 116 valence electrons. The van der Waals surface area contributed by atoms with Crippen LogP contribution in [0.1, 0.15) is 48.7 Å². The van der Waals surface area contributed by atoms with Crippen LogP contribution in [0.2, 0.25) is 0 Å². The number of rotatable bonds is 5. The van der Waals surface area contributed by atoms with Crippen LogP contribution in [-0.2, 0) is 18.3 Å². The van der Waals surface area contributed by atoms with Crippen molar-refractivity contribution < 1.29 is 14.7 Å². The van der Waals surface area contributed by atoms with Crippen LogP contribution in [0.25, 0.3) is 0 Å². The van der Waals surface area contributed by atoms with Crippen molar-refractivity contribution in [3.8, 4) is 0 Å². The molecule has 21 heavy (non-hydrogen) atoms. The summed E-state index contributed by atoms with van der Waals surface area (Å²) in [5.74, 6) is -0.445. The van der Waals surface area contributed by atoms with Gasteiger partial charge in [-0.05, 0) is 31.6 Å². The lowest BCUT2D eigenvalue weighted by Gasteiger charge is -2.32. The second-order valence-corrected chi connectivity index (χ2v) is 5.67. The van der Waals surface area contributed by atoms with Crippen molar-refractivity contribution in [1.82, 2.24) is 14.7 Å². The molecule has 2 heterocycles. The average molecular weight is 293 g/mol. The van der Waals surface area contributed by atoms with E-state index in [1.54, 1.807) is 10.9 Å². The number of carboxylic acid groups (broad SMARTS) is 1. The largest absolute Gasteiger partial charge is 0.481 e. The highest BCUT2D eigenvalue weighted by molar-refractivity contribution is 5.95. The quantitative estimate of drug-likeness (QED) is 0.896. The molecule has 0 radical (unpaired) electrons. The molecule has 6 heteroatoms. The first-order valence-electron chi connectivity index (χ1n) is 7.54. The SMILES string of the molecule is CCc1c(C(=O)N2CCCC(CCC(=O)O)C2)cnn1C. The topological polar surface area (TPSA) is 75.4 Å². The zero-order valence-electron chi connectivity index (χ0n) is 12.7. The van der Waals surface area contributed by atoms with Gasteiger partial charge in [-0.25, -0.2) is 0 Å². The van der Waals surface area contributed by atoms with Crippen molar-refractivity contribution in [2.45, 2.75) is 39.0 Å². The van der Waals surface area contributed by atoms with E-state index in [1.165, 1.54) is 0 Å². The molecule has 1 aromatic heterocycles. The summed E-state index contributed by atoms with van der Waals surface area (Å²) in [6, 6.07) is 0. The highest BCUT2D eigenvalue weighted by Crippen LogP contribution is 2.23. The first-order valence-corrected chi connectivity index (χ1v) is 7.54. The number of carbonyl (C=O) groups excluding carboxylic acids is 1. The summed E-state index contributed by atoms with van der Waals surface area (Å²) < 4.78 is 1.75. The van der Waals surface area contributed by atoms with Gasteiger partial charge < -0.3 is 10.0 Å². The Bertz CT molecular complexity index is 524. The first-order chi connectivity index (χ1) is 10.0. The van der Waals surface area contributed by atoms with Gasteiger partial charge in [-0.1, -0.05) is 6.92 Å². The van der Waals surface area contributed by atoms with E-state index in [2.05, 4.69) is 5.10 Å². The van der Waals surface area contributed by atoms with Crippen molar-refractivity contribution in [3.05, 3.63) is 17.5 Å².